The van der Waals surface area contributed by atoms with Crippen LogP contribution < -0.4 is 0 Å². The molecular weight excluding hydrogens is 164 g/mol. The summed E-state index contributed by atoms with van der Waals surface area (Å²) >= 11 is 0. The zero-order valence-corrected chi connectivity index (χ0v) is 7.66. The molecule has 0 saturated heterocycles. The summed E-state index contributed by atoms with van der Waals surface area (Å²) in [5.41, 5.74) is 0.754. The SMILES string of the molecule is CC1(CC(=O)c2cnccn2)CC1. The number of hydrogen-bond acceptors (Lipinski definition) is 3. The lowest BCUT2D eigenvalue weighted by Gasteiger charge is -2.04. The smallest absolute Gasteiger partial charge is 0.183 e. The van der Waals surface area contributed by atoms with Crippen molar-refractivity contribution in [2.45, 2.75) is 26.2 Å². The molecule has 0 unspecified atom stereocenters. The van der Waals surface area contributed by atoms with E-state index in [-0.39, 0.29) is 11.2 Å². The molecule has 1 aromatic heterocycles. The number of carbonyl (C=O) groups excluding carboxylic acids is 1. The number of aromatic nitrogens is 2. The van der Waals surface area contributed by atoms with Crippen LogP contribution in [-0.2, 0) is 0 Å². The third kappa shape index (κ3) is 1.91. The Morgan fingerprint density at radius 2 is 2.31 bits per heavy atom. The van der Waals surface area contributed by atoms with Crippen LogP contribution in [0.1, 0.15) is 36.7 Å². The van der Waals surface area contributed by atoms with Crippen LogP contribution in [0.2, 0.25) is 0 Å². The Balaban J connectivity index is 2.06. The maximum Gasteiger partial charge on any atom is 0.183 e. The summed E-state index contributed by atoms with van der Waals surface area (Å²) in [7, 11) is 0. The quantitative estimate of drug-likeness (QED) is 0.660. The highest BCUT2D eigenvalue weighted by Gasteiger charge is 2.39. The van der Waals surface area contributed by atoms with E-state index in [1.165, 1.54) is 19.0 Å². The van der Waals surface area contributed by atoms with Gasteiger partial charge in [-0.15, -0.1) is 0 Å². The number of ketones is 1. The van der Waals surface area contributed by atoms with E-state index in [9.17, 15) is 4.79 Å². The lowest BCUT2D eigenvalue weighted by atomic mass is 10.0. The van der Waals surface area contributed by atoms with Gasteiger partial charge in [0.05, 0.1) is 6.20 Å². The van der Waals surface area contributed by atoms with Gasteiger partial charge in [0.2, 0.25) is 0 Å². The van der Waals surface area contributed by atoms with Crippen LogP contribution in [0.3, 0.4) is 0 Å². The first-order chi connectivity index (χ1) is 6.20. The molecular formula is C10H12N2O. The highest BCUT2D eigenvalue weighted by molar-refractivity contribution is 5.94. The van der Waals surface area contributed by atoms with Gasteiger partial charge in [0, 0.05) is 18.8 Å². The minimum Gasteiger partial charge on any atom is -0.292 e. The summed E-state index contributed by atoms with van der Waals surface area (Å²) in [6, 6.07) is 0. The van der Waals surface area contributed by atoms with Crippen molar-refractivity contribution in [2.75, 3.05) is 0 Å². The number of Topliss-reactive ketones (excluding diaryl/α,β-unsaturated/α-hetero) is 1. The molecule has 3 nitrogen and oxygen atoms in total. The predicted molar refractivity (Wildman–Crippen MR) is 48.3 cm³/mol. The van der Waals surface area contributed by atoms with Crippen LogP contribution in [0.4, 0.5) is 0 Å². The Hall–Kier alpha value is -1.25. The summed E-state index contributed by atoms with van der Waals surface area (Å²) < 4.78 is 0. The molecule has 13 heavy (non-hydrogen) atoms. The minimum atomic E-state index is 0.119. The zero-order valence-electron chi connectivity index (χ0n) is 7.66. The molecule has 0 bridgehead atoms. The fraction of sp³-hybridized carbons (Fsp3) is 0.500. The van der Waals surface area contributed by atoms with Gasteiger partial charge in [-0.2, -0.15) is 0 Å². The van der Waals surface area contributed by atoms with Gasteiger partial charge >= 0.3 is 0 Å². The van der Waals surface area contributed by atoms with Crippen molar-refractivity contribution in [1.82, 2.24) is 9.97 Å². The minimum absolute atomic E-state index is 0.119. The van der Waals surface area contributed by atoms with Crippen LogP contribution in [0.25, 0.3) is 0 Å². The molecule has 0 spiro atoms. The van der Waals surface area contributed by atoms with Gasteiger partial charge in [0.25, 0.3) is 0 Å². The van der Waals surface area contributed by atoms with Gasteiger partial charge < -0.3 is 0 Å². The van der Waals surface area contributed by atoms with E-state index in [2.05, 4.69) is 16.9 Å². The van der Waals surface area contributed by atoms with E-state index in [1.807, 2.05) is 0 Å². The molecule has 0 aliphatic heterocycles. The first-order valence-electron chi connectivity index (χ1n) is 4.49. The molecule has 3 heteroatoms. The molecule has 1 aromatic rings. The van der Waals surface area contributed by atoms with Crippen molar-refractivity contribution >= 4 is 5.78 Å². The van der Waals surface area contributed by atoms with Gasteiger partial charge in [-0.05, 0) is 18.3 Å². The topological polar surface area (TPSA) is 42.9 Å². The number of rotatable bonds is 3. The standard InChI is InChI=1S/C10H12N2O/c1-10(2-3-10)6-9(13)8-7-11-4-5-12-8/h4-5,7H,2-3,6H2,1H3. The molecule has 1 fully saturated rings. The Labute approximate surface area is 77.2 Å². The second kappa shape index (κ2) is 2.91. The van der Waals surface area contributed by atoms with E-state index < -0.39 is 0 Å². The van der Waals surface area contributed by atoms with Crippen LogP contribution in [0.15, 0.2) is 18.6 Å². The average Bonchev–Trinajstić information content (AvgIpc) is 2.85. The van der Waals surface area contributed by atoms with E-state index in [0.717, 1.165) is 0 Å². The average molecular weight is 176 g/mol. The van der Waals surface area contributed by atoms with E-state index >= 15 is 0 Å². The Morgan fingerprint density at radius 3 is 2.85 bits per heavy atom. The molecule has 1 aliphatic rings. The van der Waals surface area contributed by atoms with E-state index in [0.29, 0.717) is 12.1 Å². The lowest BCUT2D eigenvalue weighted by molar-refractivity contribution is 0.0954. The monoisotopic (exact) mass is 176 g/mol. The molecule has 0 amide bonds. The maximum atomic E-state index is 11.6. The number of hydrogen-bond donors (Lipinski definition) is 0. The second-order valence-electron chi connectivity index (χ2n) is 4.00. The molecule has 1 saturated carbocycles. The molecule has 0 atom stereocenters. The Kier molecular flexibility index (Phi) is 1.87. The number of carbonyl (C=O) groups is 1. The van der Waals surface area contributed by atoms with Crippen LogP contribution >= 0.6 is 0 Å². The molecule has 1 heterocycles. The van der Waals surface area contributed by atoms with Gasteiger partial charge in [0.1, 0.15) is 5.69 Å². The summed E-state index contributed by atoms with van der Waals surface area (Å²) in [4.78, 5) is 19.4. The van der Waals surface area contributed by atoms with Crippen molar-refractivity contribution in [3.63, 3.8) is 0 Å². The fourth-order valence-corrected chi connectivity index (χ4v) is 1.31. The van der Waals surface area contributed by atoms with Crippen molar-refractivity contribution < 1.29 is 4.79 Å². The molecule has 0 radical (unpaired) electrons. The zero-order chi connectivity index (χ0) is 9.31. The normalized spacial score (nSPS) is 18.2. The van der Waals surface area contributed by atoms with Crippen LogP contribution in [-0.4, -0.2) is 15.8 Å². The van der Waals surface area contributed by atoms with Crippen molar-refractivity contribution in [1.29, 1.82) is 0 Å². The fourth-order valence-electron chi connectivity index (χ4n) is 1.31. The van der Waals surface area contributed by atoms with Crippen LogP contribution in [0.5, 0.6) is 0 Å². The molecule has 0 N–H and O–H groups in total. The van der Waals surface area contributed by atoms with Crippen LogP contribution in [0, 0.1) is 5.41 Å². The van der Waals surface area contributed by atoms with Crippen molar-refractivity contribution in [3.8, 4) is 0 Å². The summed E-state index contributed by atoms with van der Waals surface area (Å²) in [6.07, 6.45) is 7.62. The van der Waals surface area contributed by atoms with Gasteiger partial charge in [0.15, 0.2) is 5.78 Å². The largest absolute Gasteiger partial charge is 0.292 e. The van der Waals surface area contributed by atoms with Crippen molar-refractivity contribution in [2.24, 2.45) is 5.41 Å². The highest BCUT2D eigenvalue weighted by Crippen LogP contribution is 2.48. The first-order valence-corrected chi connectivity index (χ1v) is 4.49. The third-order valence-electron chi connectivity index (χ3n) is 2.54. The van der Waals surface area contributed by atoms with Crippen molar-refractivity contribution in [3.05, 3.63) is 24.3 Å². The first kappa shape index (κ1) is 8.35. The third-order valence-corrected chi connectivity index (χ3v) is 2.54. The number of nitrogens with zero attached hydrogens (tertiary/aromatic N) is 2. The summed E-state index contributed by atoms with van der Waals surface area (Å²) in [6.45, 7) is 2.14. The molecule has 68 valence electrons. The maximum absolute atomic E-state index is 11.6. The summed E-state index contributed by atoms with van der Waals surface area (Å²) in [5, 5.41) is 0. The predicted octanol–water partition coefficient (Wildman–Crippen LogP) is 1.85. The van der Waals surface area contributed by atoms with E-state index in [1.54, 1.807) is 12.4 Å². The summed E-state index contributed by atoms with van der Waals surface area (Å²) in [5.74, 6) is 0.119. The molecule has 2 rings (SSSR count). The van der Waals surface area contributed by atoms with Gasteiger partial charge in [-0.1, -0.05) is 6.92 Å². The second-order valence-corrected chi connectivity index (χ2v) is 4.00. The Bertz CT molecular complexity index is 317. The van der Waals surface area contributed by atoms with Gasteiger partial charge in [-0.25, -0.2) is 4.98 Å². The highest BCUT2D eigenvalue weighted by atomic mass is 16.1. The van der Waals surface area contributed by atoms with Gasteiger partial charge in [-0.3, -0.25) is 9.78 Å². The molecule has 1 aliphatic carbocycles. The Morgan fingerprint density at radius 1 is 1.54 bits per heavy atom. The lowest BCUT2D eigenvalue weighted by Crippen LogP contribution is -2.08. The van der Waals surface area contributed by atoms with E-state index in [4.69, 9.17) is 0 Å². The molecule has 0 aromatic carbocycles.